The second-order valence-electron chi connectivity index (χ2n) is 6.82. The number of carbonyl (C=O) groups is 2. The summed E-state index contributed by atoms with van der Waals surface area (Å²) in [6.07, 6.45) is 4.38. The molecule has 2 unspecified atom stereocenters. The predicted octanol–water partition coefficient (Wildman–Crippen LogP) is 2.63. The summed E-state index contributed by atoms with van der Waals surface area (Å²) in [6, 6.07) is 6.81. The zero-order chi connectivity index (χ0) is 18.1. The van der Waals surface area contributed by atoms with Gasteiger partial charge in [-0.3, -0.25) is 14.4 Å². The Balaban J connectivity index is 1.86. The van der Waals surface area contributed by atoms with E-state index >= 15 is 0 Å². The van der Waals surface area contributed by atoms with Crippen molar-refractivity contribution >= 4 is 27.2 Å². The zero-order valence-electron chi connectivity index (χ0n) is 14.1. The summed E-state index contributed by atoms with van der Waals surface area (Å²) < 4.78 is 20.4. The lowest BCUT2D eigenvalue weighted by atomic mass is 9.92. The molecule has 1 aromatic carbocycles. The molecule has 1 spiro atoms. The summed E-state index contributed by atoms with van der Waals surface area (Å²) in [5.41, 5.74) is 0.580. The van der Waals surface area contributed by atoms with Crippen LogP contribution in [0.15, 0.2) is 36.9 Å². The molecule has 3 rings (SSSR count). The van der Waals surface area contributed by atoms with E-state index in [0.717, 1.165) is 25.7 Å². The molecule has 0 bridgehead atoms. The van der Waals surface area contributed by atoms with E-state index in [1.54, 1.807) is 24.3 Å². The Bertz CT molecular complexity index is 819. The third kappa shape index (κ3) is 3.61. The molecule has 7 heteroatoms. The number of amides is 2. The lowest BCUT2D eigenvalue weighted by Gasteiger charge is -2.42. The molecule has 2 N–H and O–H groups in total. The first-order valence-electron chi connectivity index (χ1n) is 8.45. The number of nitrogens with zero attached hydrogens (tertiary/aromatic N) is 1. The average molecular weight is 361 g/mol. The topological polar surface area (TPSA) is 90.3 Å². The average Bonchev–Trinajstić information content (AvgIpc) is 2.95. The lowest BCUT2D eigenvalue weighted by molar-refractivity contribution is -0.111. The van der Waals surface area contributed by atoms with Crippen LogP contribution in [-0.4, -0.2) is 44.5 Å². The van der Waals surface area contributed by atoms with Crippen molar-refractivity contribution in [1.82, 2.24) is 4.90 Å². The number of hydrogen-bond donors (Lipinski definition) is 2. The Hall–Kier alpha value is -2.15. The van der Waals surface area contributed by atoms with Gasteiger partial charge in [0, 0.05) is 33.3 Å². The van der Waals surface area contributed by atoms with Crippen LogP contribution < -0.4 is 5.32 Å². The number of carbonyl (C=O) groups excluding carboxylic acids is 2. The van der Waals surface area contributed by atoms with Gasteiger partial charge in [-0.1, -0.05) is 12.6 Å². The predicted molar refractivity (Wildman–Crippen MR) is 98.1 cm³/mol. The Morgan fingerprint density at radius 1 is 1.32 bits per heavy atom. The standard InChI is InChI=1S/C18H23N3O3S/c1-2-16(22)20-15-7-3-6-14(12-15)17(23)21-10-4-8-18(21)9-5-11-25(19,24)13-18/h2-3,6-7,12,19H,1,4-5,8-11,13H2,(H,20,22). The Kier molecular flexibility index (Phi) is 4.69. The van der Waals surface area contributed by atoms with Gasteiger partial charge in [0.25, 0.3) is 5.91 Å². The van der Waals surface area contributed by atoms with Crippen molar-refractivity contribution in [2.45, 2.75) is 31.2 Å². The SMILES string of the molecule is C=CC(=O)Nc1cccc(C(=O)N2CCCC23CCCS(=N)(=O)C3)c1. The van der Waals surface area contributed by atoms with Gasteiger partial charge in [-0.15, -0.1) is 0 Å². The maximum Gasteiger partial charge on any atom is 0.254 e. The van der Waals surface area contributed by atoms with Crippen LogP contribution in [0.5, 0.6) is 0 Å². The van der Waals surface area contributed by atoms with Crippen molar-refractivity contribution in [2.75, 3.05) is 23.4 Å². The molecule has 134 valence electrons. The van der Waals surface area contributed by atoms with Crippen molar-refractivity contribution in [2.24, 2.45) is 0 Å². The van der Waals surface area contributed by atoms with Gasteiger partial charge in [0.2, 0.25) is 5.91 Å². The molecule has 2 atom stereocenters. The Morgan fingerprint density at radius 3 is 2.80 bits per heavy atom. The quantitative estimate of drug-likeness (QED) is 0.811. The summed E-state index contributed by atoms with van der Waals surface area (Å²) in [5.74, 6) is 0.256. The smallest absolute Gasteiger partial charge is 0.254 e. The molecule has 0 aromatic heterocycles. The zero-order valence-corrected chi connectivity index (χ0v) is 14.9. The number of benzene rings is 1. The first-order valence-corrected chi connectivity index (χ1v) is 10.3. The highest BCUT2D eigenvalue weighted by molar-refractivity contribution is 7.92. The number of likely N-dealkylation sites (tertiary alicyclic amines) is 1. The fourth-order valence-corrected chi connectivity index (χ4v) is 6.02. The minimum atomic E-state index is -2.61. The van der Waals surface area contributed by atoms with E-state index in [2.05, 4.69) is 11.9 Å². The van der Waals surface area contributed by atoms with Crippen molar-refractivity contribution in [3.63, 3.8) is 0 Å². The van der Waals surface area contributed by atoms with E-state index in [-0.39, 0.29) is 17.6 Å². The maximum atomic E-state index is 13.1. The molecule has 0 saturated carbocycles. The molecule has 6 nitrogen and oxygen atoms in total. The Labute approximate surface area is 148 Å². The van der Waals surface area contributed by atoms with Crippen molar-refractivity contribution in [3.05, 3.63) is 42.5 Å². The molecule has 2 aliphatic rings. The number of rotatable bonds is 3. The Morgan fingerprint density at radius 2 is 2.08 bits per heavy atom. The van der Waals surface area contributed by atoms with Gasteiger partial charge >= 0.3 is 0 Å². The van der Waals surface area contributed by atoms with Gasteiger partial charge in [-0.25, -0.2) is 4.21 Å². The molecule has 2 aliphatic heterocycles. The number of hydrogen-bond acceptors (Lipinski definition) is 4. The molecule has 2 amide bonds. The van der Waals surface area contributed by atoms with Crippen molar-refractivity contribution in [3.8, 4) is 0 Å². The third-order valence-electron chi connectivity index (χ3n) is 5.02. The summed E-state index contributed by atoms with van der Waals surface area (Å²) in [5, 5.41) is 2.66. The molecular formula is C18H23N3O3S. The van der Waals surface area contributed by atoms with Gasteiger partial charge < -0.3 is 10.2 Å². The molecule has 25 heavy (non-hydrogen) atoms. The third-order valence-corrected chi connectivity index (χ3v) is 6.97. The van der Waals surface area contributed by atoms with E-state index in [1.807, 2.05) is 4.90 Å². The summed E-state index contributed by atoms with van der Waals surface area (Å²) >= 11 is 0. The van der Waals surface area contributed by atoms with Crippen molar-refractivity contribution in [1.29, 1.82) is 4.78 Å². The van der Waals surface area contributed by atoms with Crippen LogP contribution in [0.25, 0.3) is 0 Å². The molecule has 2 saturated heterocycles. The second-order valence-corrected chi connectivity index (χ2v) is 9.14. The van der Waals surface area contributed by atoms with E-state index in [4.69, 9.17) is 4.78 Å². The molecule has 1 aromatic rings. The lowest BCUT2D eigenvalue weighted by Crippen LogP contribution is -2.54. The first kappa shape index (κ1) is 17.7. The highest BCUT2D eigenvalue weighted by Gasteiger charge is 2.47. The van der Waals surface area contributed by atoms with Crippen LogP contribution in [0.4, 0.5) is 5.69 Å². The molecule has 0 aliphatic carbocycles. The van der Waals surface area contributed by atoms with Gasteiger partial charge in [0.05, 0.1) is 11.3 Å². The first-order chi connectivity index (χ1) is 11.9. The monoisotopic (exact) mass is 361 g/mol. The summed E-state index contributed by atoms with van der Waals surface area (Å²) in [7, 11) is -2.61. The van der Waals surface area contributed by atoms with E-state index in [9.17, 15) is 13.8 Å². The maximum absolute atomic E-state index is 13.1. The van der Waals surface area contributed by atoms with Crippen LogP contribution in [0.1, 0.15) is 36.0 Å². The van der Waals surface area contributed by atoms with Crippen LogP contribution in [0.3, 0.4) is 0 Å². The largest absolute Gasteiger partial charge is 0.332 e. The highest BCUT2D eigenvalue weighted by atomic mass is 32.2. The molecule has 2 heterocycles. The minimum absolute atomic E-state index is 0.121. The van der Waals surface area contributed by atoms with Crippen molar-refractivity contribution < 1.29 is 13.8 Å². The van der Waals surface area contributed by atoms with Crippen LogP contribution in [0, 0.1) is 4.78 Å². The van der Waals surface area contributed by atoms with E-state index in [0.29, 0.717) is 23.5 Å². The minimum Gasteiger partial charge on any atom is -0.332 e. The van der Waals surface area contributed by atoms with Gasteiger partial charge in [0.15, 0.2) is 0 Å². The summed E-state index contributed by atoms with van der Waals surface area (Å²) in [4.78, 5) is 26.3. The fourth-order valence-electron chi connectivity index (χ4n) is 3.96. The van der Waals surface area contributed by atoms with Gasteiger partial charge in [-0.05, 0) is 50.0 Å². The van der Waals surface area contributed by atoms with Gasteiger partial charge in [-0.2, -0.15) is 0 Å². The van der Waals surface area contributed by atoms with Crippen LogP contribution in [-0.2, 0) is 14.5 Å². The van der Waals surface area contributed by atoms with E-state index in [1.165, 1.54) is 6.08 Å². The summed E-state index contributed by atoms with van der Waals surface area (Å²) in [6.45, 7) is 4.04. The molecule has 0 radical (unpaired) electrons. The normalized spacial score (nSPS) is 28.7. The molecule has 2 fully saturated rings. The highest BCUT2D eigenvalue weighted by Crippen LogP contribution is 2.39. The van der Waals surface area contributed by atoms with Crippen LogP contribution >= 0.6 is 0 Å². The van der Waals surface area contributed by atoms with Crippen LogP contribution in [0.2, 0.25) is 0 Å². The number of anilines is 1. The number of nitrogens with one attached hydrogen (secondary N) is 2. The fraction of sp³-hybridized carbons (Fsp3) is 0.444. The van der Waals surface area contributed by atoms with E-state index < -0.39 is 15.3 Å². The van der Waals surface area contributed by atoms with Gasteiger partial charge in [0.1, 0.15) is 0 Å². The second kappa shape index (κ2) is 6.63. The molecular weight excluding hydrogens is 338 g/mol.